The molecule has 0 bridgehead atoms. The number of carbonyl (C=O) groups is 1. The second-order valence-corrected chi connectivity index (χ2v) is 10.3. The van der Waals surface area contributed by atoms with Crippen molar-refractivity contribution in [3.63, 3.8) is 0 Å². The molecule has 3 aromatic rings. The van der Waals surface area contributed by atoms with Gasteiger partial charge < -0.3 is 9.22 Å². The van der Waals surface area contributed by atoms with Gasteiger partial charge in [0.15, 0.2) is 0 Å². The Morgan fingerprint density at radius 1 is 1.21 bits per heavy atom. The first kappa shape index (κ1) is 27.7. The Bertz CT molecular complexity index is 1560. The summed E-state index contributed by atoms with van der Waals surface area (Å²) in [5.74, 6) is -0.744. The number of ether oxygens (including phenoxy) is 1. The average molecular weight is 542 g/mol. The molecule has 2 heterocycles. The van der Waals surface area contributed by atoms with Crippen LogP contribution in [0.4, 0.5) is 24.8 Å². The molecular formula is C27H28F3N6O3+. The Labute approximate surface area is 222 Å². The summed E-state index contributed by atoms with van der Waals surface area (Å²) in [5.41, 5.74) is 0.547. The lowest BCUT2D eigenvalue weighted by atomic mass is 9.89. The number of quaternary nitrogens is 1. The number of aromatic nitrogens is 3. The number of nitriles is 1. The highest BCUT2D eigenvalue weighted by molar-refractivity contribution is 5.93. The van der Waals surface area contributed by atoms with Crippen molar-refractivity contribution in [2.45, 2.75) is 25.6 Å². The number of allylic oxidation sites excluding steroid dienone is 1. The molecule has 0 aliphatic carbocycles. The molecule has 204 valence electrons. The van der Waals surface area contributed by atoms with Crippen LogP contribution in [0.5, 0.6) is 0 Å². The van der Waals surface area contributed by atoms with Gasteiger partial charge in [-0.1, -0.05) is 12.1 Å². The van der Waals surface area contributed by atoms with E-state index in [0.717, 1.165) is 17.7 Å². The van der Waals surface area contributed by atoms with Crippen LogP contribution < -0.4 is 10.6 Å². The molecule has 1 N–H and O–H groups in total. The number of hydrogen-bond acceptors (Lipinski definition) is 6. The molecule has 1 aromatic heterocycles. The van der Waals surface area contributed by atoms with Crippen LogP contribution in [0.25, 0.3) is 0 Å². The summed E-state index contributed by atoms with van der Waals surface area (Å²) in [6.45, 7) is 2.26. The smallest absolute Gasteiger partial charge is 0.416 e. The predicted octanol–water partition coefficient (Wildman–Crippen LogP) is 3.90. The van der Waals surface area contributed by atoms with Gasteiger partial charge in [0.1, 0.15) is 6.04 Å². The molecule has 1 atom stereocenters. The highest BCUT2D eigenvalue weighted by Crippen LogP contribution is 2.43. The lowest BCUT2D eigenvalue weighted by Crippen LogP contribution is -2.39. The van der Waals surface area contributed by atoms with Crippen LogP contribution in [0, 0.1) is 11.3 Å². The van der Waals surface area contributed by atoms with E-state index in [1.54, 1.807) is 25.1 Å². The van der Waals surface area contributed by atoms with E-state index in [-0.39, 0.29) is 22.9 Å². The molecule has 12 heteroatoms. The van der Waals surface area contributed by atoms with Crippen molar-refractivity contribution in [2.75, 3.05) is 39.7 Å². The van der Waals surface area contributed by atoms with Crippen LogP contribution in [0.1, 0.15) is 35.2 Å². The summed E-state index contributed by atoms with van der Waals surface area (Å²) >= 11 is 0. The molecule has 0 spiro atoms. The maximum absolute atomic E-state index is 13.5. The van der Waals surface area contributed by atoms with Gasteiger partial charge in [-0.3, -0.25) is 4.90 Å². The summed E-state index contributed by atoms with van der Waals surface area (Å²) in [4.78, 5) is 27.8. The normalized spacial score (nSPS) is 15.7. The van der Waals surface area contributed by atoms with Crippen molar-refractivity contribution < 1.29 is 27.2 Å². The molecule has 0 saturated carbocycles. The number of esters is 1. The summed E-state index contributed by atoms with van der Waals surface area (Å²) in [6, 6.07) is 10.7. The maximum Gasteiger partial charge on any atom is 0.416 e. The van der Waals surface area contributed by atoms with Gasteiger partial charge in [-0.05, 0) is 48.4 Å². The molecule has 1 aliphatic heterocycles. The molecule has 1 unspecified atom stereocenters. The van der Waals surface area contributed by atoms with Gasteiger partial charge in [0.2, 0.25) is 5.95 Å². The Morgan fingerprint density at radius 3 is 2.54 bits per heavy atom. The second-order valence-electron chi connectivity index (χ2n) is 10.3. The molecule has 1 aliphatic rings. The number of likely N-dealkylation sites (N-methyl/N-ethyl adjacent to an activating group) is 1. The minimum absolute atomic E-state index is 0.0105. The Kier molecular flexibility index (Phi) is 7.14. The number of halogens is 3. The molecule has 39 heavy (non-hydrogen) atoms. The van der Waals surface area contributed by atoms with Gasteiger partial charge in [-0.25, -0.2) is 19.3 Å². The van der Waals surface area contributed by atoms with Crippen molar-refractivity contribution >= 4 is 17.6 Å². The van der Waals surface area contributed by atoms with Crippen LogP contribution >= 0.6 is 0 Å². The summed E-state index contributed by atoms with van der Waals surface area (Å²) in [5, 5.41) is 16.0. The number of fused-ring (bicyclic) bond motifs is 1. The van der Waals surface area contributed by atoms with Gasteiger partial charge in [-0.2, -0.15) is 18.4 Å². The van der Waals surface area contributed by atoms with Crippen LogP contribution in [-0.4, -0.2) is 60.0 Å². The van der Waals surface area contributed by atoms with Crippen molar-refractivity contribution in [1.82, 2.24) is 14.8 Å². The minimum atomic E-state index is -4.61. The van der Waals surface area contributed by atoms with E-state index in [1.807, 2.05) is 21.1 Å². The molecule has 0 amide bonds. The van der Waals surface area contributed by atoms with Crippen LogP contribution in [0.15, 0.2) is 58.5 Å². The van der Waals surface area contributed by atoms with Crippen LogP contribution in [0.3, 0.4) is 0 Å². The SMILES string of the molecule is COC(=O)C1=C(C)N(c2cccc(C(F)(F)F)c2)c2n[nH]c(=O)n2C1c1ccc(C#N)cc1CC[N+](C)(C)C. The fourth-order valence-electron chi connectivity index (χ4n) is 4.69. The number of benzene rings is 2. The van der Waals surface area contributed by atoms with E-state index in [1.165, 1.54) is 28.7 Å². The minimum Gasteiger partial charge on any atom is -0.466 e. The molecule has 0 radical (unpaired) electrons. The number of nitrogens with one attached hydrogen (secondary N) is 1. The molecular weight excluding hydrogens is 513 g/mol. The van der Waals surface area contributed by atoms with Crippen LogP contribution in [0.2, 0.25) is 0 Å². The van der Waals surface area contributed by atoms with Crippen molar-refractivity contribution in [3.05, 3.63) is 86.5 Å². The van der Waals surface area contributed by atoms with Gasteiger partial charge in [0.25, 0.3) is 0 Å². The molecule has 2 aromatic carbocycles. The molecule has 0 saturated heterocycles. The zero-order valence-corrected chi connectivity index (χ0v) is 22.1. The maximum atomic E-state index is 13.5. The van der Waals surface area contributed by atoms with Crippen molar-refractivity contribution in [1.29, 1.82) is 5.26 Å². The second kappa shape index (κ2) is 10.1. The van der Waals surface area contributed by atoms with Gasteiger partial charge in [0, 0.05) is 17.8 Å². The van der Waals surface area contributed by atoms with E-state index < -0.39 is 29.4 Å². The number of carbonyl (C=O) groups excluding carboxylic acids is 1. The standard InChI is InChI=1S/C27H27F3N6O3/c1-16-22(24(37)39-5)23(21-10-9-17(15-31)13-18(21)11-12-36(2,3)4)35-25(32-33-26(35)38)34(16)20-8-6-7-19(14-20)27(28,29)30/h6-10,13-14,23H,11-12H2,1-5H3/p+1. The lowest BCUT2D eigenvalue weighted by Gasteiger charge is -2.36. The summed E-state index contributed by atoms with van der Waals surface area (Å²) in [6.07, 6.45) is -4.08. The van der Waals surface area contributed by atoms with Crippen LogP contribution in [-0.2, 0) is 22.1 Å². The Morgan fingerprint density at radius 2 is 1.92 bits per heavy atom. The molecule has 9 nitrogen and oxygen atoms in total. The number of aromatic amines is 1. The number of anilines is 2. The Hall–Kier alpha value is -4.37. The first-order valence-electron chi connectivity index (χ1n) is 12.0. The number of alkyl halides is 3. The first-order chi connectivity index (χ1) is 18.3. The monoisotopic (exact) mass is 541 g/mol. The Balaban J connectivity index is 2.00. The zero-order chi connectivity index (χ0) is 28.7. The zero-order valence-electron chi connectivity index (χ0n) is 22.1. The quantitative estimate of drug-likeness (QED) is 0.375. The third-order valence-corrected chi connectivity index (χ3v) is 6.60. The van der Waals surface area contributed by atoms with E-state index in [2.05, 4.69) is 16.3 Å². The largest absolute Gasteiger partial charge is 0.466 e. The molecule has 0 fully saturated rings. The van der Waals surface area contributed by atoms with E-state index in [4.69, 9.17) is 4.74 Å². The lowest BCUT2D eigenvalue weighted by molar-refractivity contribution is -0.870. The average Bonchev–Trinajstić information content (AvgIpc) is 3.26. The summed E-state index contributed by atoms with van der Waals surface area (Å²) in [7, 11) is 7.25. The third-order valence-electron chi connectivity index (χ3n) is 6.60. The third kappa shape index (κ3) is 5.31. The summed E-state index contributed by atoms with van der Waals surface area (Å²) < 4.78 is 47.6. The number of nitrogens with zero attached hydrogens (tertiary/aromatic N) is 5. The number of rotatable bonds is 6. The number of H-pyrrole nitrogens is 1. The van der Waals surface area contributed by atoms with Gasteiger partial charge in [-0.15, -0.1) is 5.10 Å². The van der Waals surface area contributed by atoms with E-state index in [0.29, 0.717) is 28.6 Å². The van der Waals surface area contributed by atoms with Crippen molar-refractivity contribution in [2.24, 2.45) is 0 Å². The fourth-order valence-corrected chi connectivity index (χ4v) is 4.69. The van der Waals surface area contributed by atoms with Gasteiger partial charge >= 0.3 is 17.8 Å². The van der Waals surface area contributed by atoms with E-state index in [9.17, 15) is 28.0 Å². The fraction of sp³-hybridized carbons (Fsp3) is 0.333. The number of methoxy groups -OCH3 is 1. The predicted molar refractivity (Wildman–Crippen MR) is 137 cm³/mol. The topological polar surface area (TPSA) is 104 Å². The highest BCUT2D eigenvalue weighted by atomic mass is 19.4. The number of hydrogen-bond donors (Lipinski definition) is 1. The highest BCUT2D eigenvalue weighted by Gasteiger charge is 2.41. The van der Waals surface area contributed by atoms with Crippen molar-refractivity contribution in [3.8, 4) is 6.07 Å². The van der Waals surface area contributed by atoms with E-state index >= 15 is 0 Å². The first-order valence-corrected chi connectivity index (χ1v) is 12.0. The molecule has 4 rings (SSSR count). The van der Waals surface area contributed by atoms with Gasteiger partial charge in [0.05, 0.1) is 57.6 Å².